The number of benzene rings is 1. The molecule has 3 heterocycles. The van der Waals surface area contributed by atoms with Crippen LogP contribution in [0, 0.1) is 0 Å². The second kappa shape index (κ2) is 8.50. The molecule has 28 heavy (non-hydrogen) atoms. The topological polar surface area (TPSA) is 68.4 Å². The van der Waals surface area contributed by atoms with Crippen LogP contribution in [0.4, 0.5) is 17.1 Å². The molecular weight excluding hydrogens is 352 g/mol. The van der Waals surface area contributed by atoms with Gasteiger partial charge in [0.2, 0.25) is 5.56 Å². The second-order valence-electron chi connectivity index (χ2n) is 7.69. The number of piperidine rings is 2. The summed E-state index contributed by atoms with van der Waals surface area (Å²) < 4.78 is 0. The van der Waals surface area contributed by atoms with E-state index in [0.717, 1.165) is 43.2 Å². The number of hydrogen-bond acceptors (Lipinski definition) is 4. The zero-order valence-corrected chi connectivity index (χ0v) is 16.2. The summed E-state index contributed by atoms with van der Waals surface area (Å²) in [7, 11) is 0. The predicted octanol–water partition coefficient (Wildman–Crippen LogP) is 3.61. The molecule has 2 N–H and O–H groups in total. The van der Waals surface area contributed by atoms with Crippen LogP contribution >= 0.6 is 0 Å². The van der Waals surface area contributed by atoms with Gasteiger partial charge in [0.15, 0.2) is 0 Å². The van der Waals surface area contributed by atoms with E-state index in [1.165, 1.54) is 50.8 Å². The van der Waals surface area contributed by atoms with Gasteiger partial charge < -0.3 is 20.1 Å². The van der Waals surface area contributed by atoms with Gasteiger partial charge in [-0.25, -0.2) is 0 Å². The molecule has 0 bridgehead atoms. The van der Waals surface area contributed by atoms with Crippen molar-refractivity contribution in [2.45, 2.75) is 38.5 Å². The van der Waals surface area contributed by atoms with E-state index in [-0.39, 0.29) is 11.5 Å². The van der Waals surface area contributed by atoms with E-state index in [9.17, 15) is 9.59 Å². The normalized spacial score (nSPS) is 17.4. The predicted molar refractivity (Wildman–Crippen MR) is 114 cm³/mol. The van der Waals surface area contributed by atoms with Crippen molar-refractivity contribution in [1.29, 1.82) is 0 Å². The SMILES string of the molecule is O=C(Nc1cc(N2CCCCC2)ccc1N1CCCCC1)c1ccc(=O)[nH]c1. The highest BCUT2D eigenvalue weighted by Crippen LogP contribution is 2.33. The van der Waals surface area contributed by atoms with E-state index in [1.807, 2.05) is 0 Å². The number of nitrogens with zero attached hydrogens (tertiary/aromatic N) is 2. The summed E-state index contributed by atoms with van der Waals surface area (Å²) in [5.74, 6) is -0.203. The number of rotatable bonds is 4. The lowest BCUT2D eigenvalue weighted by atomic mass is 10.1. The Bertz CT molecular complexity index is 860. The Kier molecular flexibility index (Phi) is 5.65. The zero-order valence-electron chi connectivity index (χ0n) is 16.2. The molecule has 2 aromatic rings. The molecule has 6 heteroatoms. The van der Waals surface area contributed by atoms with Gasteiger partial charge in [-0.2, -0.15) is 0 Å². The largest absolute Gasteiger partial charge is 0.371 e. The Balaban J connectivity index is 1.63. The van der Waals surface area contributed by atoms with Crippen molar-refractivity contribution in [1.82, 2.24) is 4.98 Å². The first-order chi connectivity index (χ1) is 13.7. The Labute approximate surface area is 165 Å². The molecule has 1 aromatic carbocycles. The number of amides is 1. The molecule has 0 spiro atoms. The first-order valence-electron chi connectivity index (χ1n) is 10.3. The average Bonchev–Trinajstić information content (AvgIpc) is 2.75. The molecule has 4 rings (SSSR count). The molecule has 0 radical (unpaired) electrons. The van der Waals surface area contributed by atoms with Crippen molar-refractivity contribution in [3.8, 4) is 0 Å². The van der Waals surface area contributed by atoms with Crippen molar-refractivity contribution in [2.75, 3.05) is 41.3 Å². The summed E-state index contributed by atoms with van der Waals surface area (Å²) >= 11 is 0. The zero-order chi connectivity index (χ0) is 19.3. The fraction of sp³-hybridized carbons (Fsp3) is 0.455. The number of carbonyl (C=O) groups excluding carboxylic acids is 1. The fourth-order valence-electron chi connectivity index (χ4n) is 4.13. The lowest BCUT2D eigenvalue weighted by molar-refractivity contribution is 0.102. The Morgan fingerprint density at radius 3 is 2.18 bits per heavy atom. The third-order valence-corrected chi connectivity index (χ3v) is 5.69. The first-order valence-corrected chi connectivity index (χ1v) is 10.3. The molecule has 0 aliphatic carbocycles. The second-order valence-corrected chi connectivity index (χ2v) is 7.69. The van der Waals surface area contributed by atoms with Crippen LogP contribution in [0.1, 0.15) is 48.9 Å². The summed E-state index contributed by atoms with van der Waals surface area (Å²) in [5, 5.41) is 3.09. The van der Waals surface area contributed by atoms with Crippen molar-refractivity contribution in [3.63, 3.8) is 0 Å². The highest BCUT2D eigenvalue weighted by Gasteiger charge is 2.19. The number of aromatic nitrogens is 1. The van der Waals surface area contributed by atoms with Gasteiger partial charge in [-0.15, -0.1) is 0 Å². The quantitative estimate of drug-likeness (QED) is 0.850. The Morgan fingerprint density at radius 2 is 1.54 bits per heavy atom. The molecule has 1 amide bonds. The fourth-order valence-corrected chi connectivity index (χ4v) is 4.13. The third-order valence-electron chi connectivity index (χ3n) is 5.69. The maximum Gasteiger partial charge on any atom is 0.257 e. The maximum atomic E-state index is 12.8. The standard InChI is InChI=1S/C22H28N4O2/c27-21-10-7-17(16-23-21)22(28)24-19-15-18(25-11-3-1-4-12-25)8-9-20(19)26-13-5-2-6-14-26/h7-10,15-16H,1-6,11-14H2,(H,23,27)(H,24,28). The number of anilines is 3. The summed E-state index contributed by atoms with van der Waals surface area (Å²) in [6.07, 6.45) is 8.81. The molecule has 6 nitrogen and oxygen atoms in total. The molecule has 2 fully saturated rings. The molecule has 2 aliphatic heterocycles. The van der Waals surface area contributed by atoms with Crippen molar-refractivity contribution < 1.29 is 4.79 Å². The minimum atomic E-state index is -0.211. The number of H-pyrrole nitrogens is 1. The van der Waals surface area contributed by atoms with Crippen molar-refractivity contribution in [2.24, 2.45) is 0 Å². The van der Waals surface area contributed by atoms with Gasteiger partial charge >= 0.3 is 0 Å². The van der Waals surface area contributed by atoms with Crippen LogP contribution in [0.25, 0.3) is 0 Å². The number of aromatic amines is 1. The third kappa shape index (κ3) is 4.21. The summed E-state index contributed by atoms with van der Waals surface area (Å²) in [6.45, 7) is 4.17. The van der Waals surface area contributed by atoms with Crippen LogP contribution in [0.2, 0.25) is 0 Å². The number of hydrogen-bond donors (Lipinski definition) is 2. The lowest BCUT2D eigenvalue weighted by Crippen LogP contribution is -2.32. The molecule has 0 atom stereocenters. The highest BCUT2D eigenvalue weighted by atomic mass is 16.1. The minimum absolute atomic E-state index is 0.203. The van der Waals surface area contributed by atoms with E-state index < -0.39 is 0 Å². The summed E-state index contributed by atoms with van der Waals surface area (Å²) in [5.41, 5.74) is 3.34. The van der Waals surface area contributed by atoms with Crippen LogP contribution in [0.5, 0.6) is 0 Å². The van der Waals surface area contributed by atoms with Gasteiger partial charge in [0.05, 0.1) is 16.9 Å². The van der Waals surface area contributed by atoms with Crippen molar-refractivity contribution in [3.05, 3.63) is 52.4 Å². The molecule has 2 aliphatic rings. The first kappa shape index (κ1) is 18.6. The van der Waals surface area contributed by atoms with Gasteiger partial charge in [-0.05, 0) is 62.8 Å². The van der Waals surface area contributed by atoms with E-state index in [2.05, 4.69) is 38.3 Å². The summed E-state index contributed by atoms with van der Waals surface area (Å²) in [4.78, 5) is 31.4. The lowest BCUT2D eigenvalue weighted by Gasteiger charge is -2.33. The van der Waals surface area contributed by atoms with Gasteiger partial charge in [-0.1, -0.05) is 0 Å². The van der Waals surface area contributed by atoms with Gasteiger partial charge in [0, 0.05) is 44.1 Å². The molecule has 2 saturated heterocycles. The van der Waals surface area contributed by atoms with E-state index in [1.54, 1.807) is 6.07 Å². The van der Waals surface area contributed by atoms with Gasteiger partial charge in [0.25, 0.3) is 5.91 Å². The van der Waals surface area contributed by atoms with Crippen LogP contribution < -0.4 is 20.7 Å². The Hall–Kier alpha value is -2.76. The Morgan fingerprint density at radius 1 is 0.857 bits per heavy atom. The maximum absolute atomic E-state index is 12.8. The number of pyridine rings is 1. The smallest absolute Gasteiger partial charge is 0.257 e. The molecule has 0 unspecified atom stereocenters. The van der Waals surface area contributed by atoms with E-state index in [4.69, 9.17) is 0 Å². The van der Waals surface area contributed by atoms with Crippen LogP contribution in [-0.2, 0) is 0 Å². The van der Waals surface area contributed by atoms with Gasteiger partial charge in [-0.3, -0.25) is 9.59 Å². The molecule has 148 valence electrons. The molecule has 0 saturated carbocycles. The highest BCUT2D eigenvalue weighted by molar-refractivity contribution is 6.06. The molecular formula is C22H28N4O2. The number of carbonyl (C=O) groups is 1. The monoisotopic (exact) mass is 380 g/mol. The van der Waals surface area contributed by atoms with E-state index in [0.29, 0.717) is 5.56 Å². The van der Waals surface area contributed by atoms with Crippen LogP contribution in [-0.4, -0.2) is 37.1 Å². The van der Waals surface area contributed by atoms with Crippen LogP contribution in [0.15, 0.2) is 41.3 Å². The van der Waals surface area contributed by atoms with Crippen LogP contribution in [0.3, 0.4) is 0 Å². The van der Waals surface area contributed by atoms with E-state index >= 15 is 0 Å². The average molecular weight is 380 g/mol. The minimum Gasteiger partial charge on any atom is -0.371 e. The number of nitrogens with one attached hydrogen (secondary N) is 2. The van der Waals surface area contributed by atoms with Crippen molar-refractivity contribution >= 4 is 23.0 Å². The summed E-state index contributed by atoms with van der Waals surface area (Å²) in [6, 6.07) is 9.38. The van der Waals surface area contributed by atoms with Gasteiger partial charge in [0.1, 0.15) is 0 Å². The molecule has 1 aromatic heterocycles.